The lowest BCUT2D eigenvalue weighted by molar-refractivity contribution is -0.139. The molecule has 0 unspecified atom stereocenters. The van der Waals surface area contributed by atoms with E-state index in [1.54, 1.807) is 20.9 Å². The summed E-state index contributed by atoms with van der Waals surface area (Å²) in [6, 6.07) is -0.550. The van der Waals surface area contributed by atoms with E-state index >= 15 is 0 Å². The van der Waals surface area contributed by atoms with Gasteiger partial charge in [0, 0.05) is 13.6 Å². The second kappa shape index (κ2) is 5.29. The Hall–Kier alpha value is -1.63. The maximum Gasteiger partial charge on any atom is 0.325 e. The Morgan fingerprint density at radius 1 is 1.33 bits per heavy atom. The molecule has 2 rings (SSSR count). The molecule has 0 spiro atoms. The number of carbonyl (C=O) groups excluding carboxylic acids is 3. The van der Waals surface area contributed by atoms with Crippen molar-refractivity contribution in [1.82, 2.24) is 15.1 Å². The summed E-state index contributed by atoms with van der Waals surface area (Å²) >= 11 is 0. The van der Waals surface area contributed by atoms with Gasteiger partial charge in [0.1, 0.15) is 12.1 Å². The van der Waals surface area contributed by atoms with Gasteiger partial charge in [-0.25, -0.2) is 4.79 Å². The van der Waals surface area contributed by atoms with Crippen molar-refractivity contribution in [3.05, 3.63) is 0 Å². The molecule has 7 heteroatoms. The molecule has 0 radical (unpaired) electrons. The van der Waals surface area contributed by atoms with Gasteiger partial charge in [0.2, 0.25) is 5.91 Å². The molecule has 2 N–H and O–H groups in total. The largest absolute Gasteiger partial charge is 0.388 e. The summed E-state index contributed by atoms with van der Waals surface area (Å²) in [7, 11) is 1.59. The first-order chi connectivity index (χ1) is 9.65. The Balaban J connectivity index is 1.95. The van der Waals surface area contributed by atoms with Crippen LogP contribution >= 0.6 is 0 Å². The fourth-order valence-corrected chi connectivity index (χ4v) is 2.94. The van der Waals surface area contributed by atoms with Crippen LogP contribution in [0.4, 0.5) is 4.79 Å². The fraction of sp³-hybridized carbons (Fsp3) is 0.786. The molecule has 4 amide bonds. The molecule has 0 bridgehead atoms. The maximum atomic E-state index is 12.2. The standard InChI is InChI=1S/C14H23N3O4/c1-13(2)11(19)17(12(20)15-13)8-10(18)16(3)9-14(21)6-4-5-7-14/h21H,4-9H2,1-3H3,(H,15,20). The van der Waals surface area contributed by atoms with Gasteiger partial charge in [-0.2, -0.15) is 0 Å². The van der Waals surface area contributed by atoms with Crippen LogP contribution in [0.15, 0.2) is 0 Å². The predicted octanol–water partition coefficient (Wildman–Crippen LogP) is 0.0803. The van der Waals surface area contributed by atoms with E-state index in [1.165, 1.54) is 4.90 Å². The Labute approximate surface area is 124 Å². The van der Waals surface area contributed by atoms with Crippen LogP contribution in [0.25, 0.3) is 0 Å². The number of carbonyl (C=O) groups is 3. The molecule has 1 saturated carbocycles. The minimum absolute atomic E-state index is 0.235. The van der Waals surface area contributed by atoms with E-state index in [0.717, 1.165) is 17.7 Å². The van der Waals surface area contributed by atoms with Gasteiger partial charge < -0.3 is 15.3 Å². The van der Waals surface area contributed by atoms with Gasteiger partial charge in [-0.05, 0) is 26.7 Å². The summed E-state index contributed by atoms with van der Waals surface area (Å²) in [5, 5.41) is 12.8. The predicted molar refractivity (Wildman–Crippen MR) is 75.4 cm³/mol. The van der Waals surface area contributed by atoms with Gasteiger partial charge in [-0.1, -0.05) is 12.8 Å². The van der Waals surface area contributed by atoms with E-state index in [9.17, 15) is 19.5 Å². The van der Waals surface area contributed by atoms with Crippen LogP contribution < -0.4 is 5.32 Å². The zero-order valence-electron chi connectivity index (χ0n) is 12.8. The molecule has 1 aliphatic heterocycles. The molecule has 1 aliphatic carbocycles. The summed E-state index contributed by atoms with van der Waals surface area (Å²) in [4.78, 5) is 38.3. The third kappa shape index (κ3) is 3.18. The number of imide groups is 1. The van der Waals surface area contributed by atoms with Gasteiger partial charge in [0.25, 0.3) is 5.91 Å². The smallest absolute Gasteiger partial charge is 0.325 e. The topological polar surface area (TPSA) is 89.9 Å². The summed E-state index contributed by atoms with van der Waals surface area (Å²) < 4.78 is 0. The fourth-order valence-electron chi connectivity index (χ4n) is 2.94. The quantitative estimate of drug-likeness (QED) is 0.719. The molecule has 0 aromatic rings. The number of aliphatic hydroxyl groups is 1. The normalized spacial score (nSPS) is 23.3. The van der Waals surface area contributed by atoms with Gasteiger partial charge in [0.05, 0.1) is 5.60 Å². The minimum atomic E-state index is -0.973. The first-order valence-electron chi connectivity index (χ1n) is 7.25. The van der Waals surface area contributed by atoms with Crippen LogP contribution in [0, 0.1) is 0 Å². The summed E-state index contributed by atoms with van der Waals surface area (Å²) in [5.41, 5.74) is -1.81. The number of likely N-dealkylation sites (N-methyl/N-ethyl adjacent to an activating group) is 1. The molecule has 21 heavy (non-hydrogen) atoms. The molecule has 1 heterocycles. The van der Waals surface area contributed by atoms with Crippen molar-refractivity contribution < 1.29 is 19.5 Å². The molecule has 2 aliphatic rings. The molecule has 7 nitrogen and oxygen atoms in total. The first-order valence-corrected chi connectivity index (χ1v) is 7.25. The van der Waals surface area contributed by atoms with Crippen molar-refractivity contribution >= 4 is 17.8 Å². The third-order valence-electron chi connectivity index (χ3n) is 4.23. The van der Waals surface area contributed by atoms with Crippen molar-refractivity contribution in [2.75, 3.05) is 20.1 Å². The number of urea groups is 1. The van der Waals surface area contributed by atoms with Gasteiger partial charge >= 0.3 is 6.03 Å². The molecule has 0 atom stereocenters. The van der Waals surface area contributed by atoms with Crippen LogP contribution in [0.2, 0.25) is 0 Å². The van der Waals surface area contributed by atoms with E-state index in [2.05, 4.69) is 5.32 Å². The highest BCUT2D eigenvalue weighted by Crippen LogP contribution is 2.30. The molecular weight excluding hydrogens is 274 g/mol. The average Bonchev–Trinajstić information content (AvgIpc) is 2.87. The van der Waals surface area contributed by atoms with E-state index < -0.39 is 23.1 Å². The molecule has 1 saturated heterocycles. The van der Waals surface area contributed by atoms with Crippen molar-refractivity contribution in [2.45, 2.75) is 50.7 Å². The zero-order valence-corrected chi connectivity index (χ0v) is 12.8. The van der Waals surface area contributed by atoms with E-state index in [0.29, 0.717) is 12.8 Å². The van der Waals surface area contributed by atoms with Crippen LogP contribution in [0.1, 0.15) is 39.5 Å². The van der Waals surface area contributed by atoms with Crippen molar-refractivity contribution in [3.63, 3.8) is 0 Å². The van der Waals surface area contributed by atoms with Crippen molar-refractivity contribution in [2.24, 2.45) is 0 Å². The highest BCUT2D eigenvalue weighted by atomic mass is 16.3. The number of nitrogens with zero attached hydrogens (tertiary/aromatic N) is 2. The Bertz CT molecular complexity index is 469. The minimum Gasteiger partial charge on any atom is -0.388 e. The first kappa shape index (κ1) is 15.8. The molecule has 0 aromatic carbocycles. The molecule has 118 valence electrons. The van der Waals surface area contributed by atoms with Crippen molar-refractivity contribution in [1.29, 1.82) is 0 Å². The number of rotatable bonds is 4. The summed E-state index contributed by atoms with van der Waals surface area (Å²) in [5.74, 6) is -0.759. The van der Waals surface area contributed by atoms with Gasteiger partial charge in [-0.15, -0.1) is 0 Å². The monoisotopic (exact) mass is 297 g/mol. The second-order valence-electron chi connectivity index (χ2n) is 6.63. The van der Waals surface area contributed by atoms with Crippen molar-refractivity contribution in [3.8, 4) is 0 Å². The Kier molecular flexibility index (Phi) is 3.97. The summed E-state index contributed by atoms with van der Waals surface area (Å²) in [6.45, 7) is 3.14. The van der Waals surface area contributed by atoms with Crippen LogP contribution in [-0.4, -0.2) is 64.0 Å². The number of hydrogen-bond donors (Lipinski definition) is 2. The highest BCUT2D eigenvalue weighted by molar-refractivity contribution is 6.08. The van der Waals surface area contributed by atoms with E-state index in [1.807, 2.05) is 0 Å². The molecule has 2 fully saturated rings. The zero-order chi connectivity index (χ0) is 15.8. The highest BCUT2D eigenvalue weighted by Gasteiger charge is 2.45. The lowest BCUT2D eigenvalue weighted by Gasteiger charge is -2.29. The number of amides is 4. The van der Waals surface area contributed by atoms with Crippen LogP contribution in [0.3, 0.4) is 0 Å². The van der Waals surface area contributed by atoms with Gasteiger partial charge in [0.15, 0.2) is 0 Å². The lowest BCUT2D eigenvalue weighted by atomic mass is 10.0. The molecule has 0 aromatic heterocycles. The maximum absolute atomic E-state index is 12.2. The summed E-state index contributed by atoms with van der Waals surface area (Å²) in [6.07, 6.45) is 3.28. The second-order valence-corrected chi connectivity index (χ2v) is 6.63. The SMILES string of the molecule is CN(CC1(O)CCCC1)C(=O)CN1C(=O)NC(C)(C)C1=O. The molecular formula is C14H23N3O4. The Morgan fingerprint density at radius 2 is 1.90 bits per heavy atom. The Morgan fingerprint density at radius 3 is 2.38 bits per heavy atom. The van der Waals surface area contributed by atoms with Crippen LogP contribution in [-0.2, 0) is 9.59 Å². The number of hydrogen-bond acceptors (Lipinski definition) is 4. The lowest BCUT2D eigenvalue weighted by Crippen LogP contribution is -2.47. The van der Waals surface area contributed by atoms with Gasteiger partial charge in [-0.3, -0.25) is 14.5 Å². The van der Waals surface area contributed by atoms with E-state index in [4.69, 9.17) is 0 Å². The average molecular weight is 297 g/mol. The third-order valence-corrected chi connectivity index (χ3v) is 4.23. The van der Waals surface area contributed by atoms with Crippen LogP contribution in [0.5, 0.6) is 0 Å². The van der Waals surface area contributed by atoms with E-state index in [-0.39, 0.29) is 19.0 Å². The number of nitrogens with one attached hydrogen (secondary N) is 1.